The van der Waals surface area contributed by atoms with Crippen LogP contribution in [0, 0.1) is 6.92 Å². The molecule has 0 bridgehead atoms. The summed E-state index contributed by atoms with van der Waals surface area (Å²) in [6.45, 7) is 4.57. The van der Waals surface area contributed by atoms with Gasteiger partial charge in [-0.15, -0.1) is 0 Å². The van der Waals surface area contributed by atoms with E-state index in [9.17, 15) is 8.42 Å². The number of thioether (sulfide) groups is 1. The smallest absolute Gasteiger partial charge is 0.243 e. The van der Waals surface area contributed by atoms with E-state index in [0.717, 1.165) is 23.3 Å². The van der Waals surface area contributed by atoms with Gasteiger partial charge in [0.15, 0.2) is 0 Å². The first-order chi connectivity index (χ1) is 9.89. The number of nitrogens with one attached hydrogen (secondary N) is 1. The molecule has 21 heavy (non-hydrogen) atoms. The first-order valence-electron chi connectivity index (χ1n) is 7.10. The third kappa shape index (κ3) is 4.22. The molecule has 4 nitrogen and oxygen atoms in total. The molecule has 6 heteroatoms. The second-order valence-electron chi connectivity index (χ2n) is 5.11. The molecule has 1 N–H and O–H groups in total. The van der Waals surface area contributed by atoms with Crippen molar-refractivity contribution in [3.05, 3.63) is 29.3 Å². The van der Waals surface area contributed by atoms with Crippen molar-refractivity contribution < 1.29 is 8.42 Å². The highest BCUT2D eigenvalue weighted by molar-refractivity contribution is 7.98. The zero-order valence-electron chi connectivity index (χ0n) is 13.5. The average Bonchev–Trinajstić information content (AvgIpc) is 2.46. The summed E-state index contributed by atoms with van der Waals surface area (Å²) in [4.78, 5) is 0.414. The molecule has 1 atom stereocenters. The summed E-state index contributed by atoms with van der Waals surface area (Å²) in [7, 11) is 0.0921. The van der Waals surface area contributed by atoms with Crippen molar-refractivity contribution >= 4 is 21.8 Å². The monoisotopic (exact) mass is 330 g/mol. The Morgan fingerprint density at radius 1 is 1.38 bits per heavy atom. The van der Waals surface area contributed by atoms with Crippen LogP contribution in [-0.2, 0) is 16.6 Å². The van der Waals surface area contributed by atoms with Gasteiger partial charge >= 0.3 is 0 Å². The second-order valence-corrected chi connectivity index (χ2v) is 7.99. The van der Waals surface area contributed by atoms with Gasteiger partial charge in [0.25, 0.3) is 0 Å². The van der Waals surface area contributed by atoms with E-state index in [4.69, 9.17) is 0 Å². The SMILES string of the molecule is CCC(CSC)N(C)S(=O)(=O)c1cccc(CNC)c1C. The Labute approximate surface area is 133 Å². The average molecular weight is 331 g/mol. The van der Waals surface area contributed by atoms with Gasteiger partial charge in [0.2, 0.25) is 10.0 Å². The maximum Gasteiger partial charge on any atom is 0.243 e. The predicted molar refractivity (Wildman–Crippen MR) is 91.4 cm³/mol. The summed E-state index contributed by atoms with van der Waals surface area (Å²) in [6, 6.07) is 5.50. The summed E-state index contributed by atoms with van der Waals surface area (Å²) in [6.07, 6.45) is 2.81. The molecule has 1 rings (SSSR count). The highest BCUT2D eigenvalue weighted by Gasteiger charge is 2.28. The summed E-state index contributed by atoms with van der Waals surface area (Å²) in [5, 5.41) is 3.08. The molecule has 1 aromatic rings. The molecule has 0 radical (unpaired) electrons. The number of nitrogens with zero attached hydrogens (tertiary/aromatic N) is 1. The van der Waals surface area contributed by atoms with Gasteiger partial charge in [0.05, 0.1) is 4.90 Å². The fraction of sp³-hybridized carbons (Fsp3) is 0.600. The van der Waals surface area contributed by atoms with E-state index in [1.54, 1.807) is 24.9 Å². The maximum absolute atomic E-state index is 12.9. The van der Waals surface area contributed by atoms with Crippen molar-refractivity contribution in [3.63, 3.8) is 0 Å². The van der Waals surface area contributed by atoms with Gasteiger partial charge in [0, 0.05) is 25.4 Å². The first-order valence-corrected chi connectivity index (χ1v) is 9.93. The minimum absolute atomic E-state index is 0.0253. The molecule has 1 unspecified atom stereocenters. The molecule has 1 aromatic carbocycles. The van der Waals surface area contributed by atoms with E-state index in [-0.39, 0.29) is 6.04 Å². The molecule has 0 aliphatic heterocycles. The zero-order chi connectivity index (χ0) is 16.0. The summed E-state index contributed by atoms with van der Waals surface area (Å²) >= 11 is 1.67. The van der Waals surface area contributed by atoms with Gasteiger partial charge in [-0.1, -0.05) is 19.1 Å². The first kappa shape index (κ1) is 18.5. The van der Waals surface area contributed by atoms with Crippen LogP contribution in [0.5, 0.6) is 0 Å². The quantitative estimate of drug-likeness (QED) is 0.795. The summed E-state index contributed by atoms with van der Waals surface area (Å²) in [5.41, 5.74) is 1.85. The number of benzene rings is 1. The standard InChI is InChI=1S/C15H26N2O2S2/c1-6-14(11-20-5)17(4)21(18,19)15-9-7-8-13(10-16-3)12(15)2/h7-9,14,16H,6,10-11H2,1-5H3. The lowest BCUT2D eigenvalue weighted by Gasteiger charge is -2.27. The largest absolute Gasteiger partial charge is 0.316 e. The molecule has 0 aromatic heterocycles. The van der Waals surface area contributed by atoms with Gasteiger partial charge in [-0.05, 0) is 43.8 Å². The molecule has 0 heterocycles. The van der Waals surface area contributed by atoms with Crippen LogP contribution in [0.25, 0.3) is 0 Å². The van der Waals surface area contributed by atoms with Gasteiger partial charge in [-0.2, -0.15) is 16.1 Å². The Kier molecular flexibility index (Phi) is 7.20. The molecule has 120 valence electrons. The van der Waals surface area contributed by atoms with Crippen LogP contribution in [0.15, 0.2) is 23.1 Å². The third-order valence-electron chi connectivity index (χ3n) is 3.77. The summed E-state index contributed by atoms with van der Waals surface area (Å²) < 4.78 is 27.3. The lowest BCUT2D eigenvalue weighted by molar-refractivity contribution is 0.385. The highest BCUT2D eigenvalue weighted by atomic mass is 32.2. The van der Waals surface area contributed by atoms with Crippen LogP contribution in [0.3, 0.4) is 0 Å². The van der Waals surface area contributed by atoms with E-state index < -0.39 is 10.0 Å². The van der Waals surface area contributed by atoms with Gasteiger partial charge in [-0.25, -0.2) is 8.42 Å². The number of rotatable bonds is 8. The summed E-state index contributed by atoms with van der Waals surface area (Å²) in [5.74, 6) is 0.807. The molecule has 0 saturated heterocycles. The topological polar surface area (TPSA) is 49.4 Å². The Bertz CT molecular complexity index is 559. The molecule has 0 fully saturated rings. The molecular formula is C15H26N2O2S2. The van der Waals surface area contributed by atoms with Crippen LogP contribution < -0.4 is 5.32 Å². The third-order valence-corrected chi connectivity index (χ3v) is 6.54. The van der Waals surface area contributed by atoms with Crippen LogP contribution in [0.2, 0.25) is 0 Å². The van der Waals surface area contributed by atoms with Gasteiger partial charge in [-0.3, -0.25) is 0 Å². The molecule has 0 aliphatic rings. The highest BCUT2D eigenvalue weighted by Crippen LogP contribution is 2.24. The number of hydrogen-bond donors (Lipinski definition) is 1. The van der Waals surface area contributed by atoms with Crippen LogP contribution in [-0.4, -0.2) is 44.9 Å². The Morgan fingerprint density at radius 3 is 2.57 bits per heavy atom. The zero-order valence-corrected chi connectivity index (χ0v) is 15.1. The van der Waals surface area contributed by atoms with Crippen molar-refractivity contribution in [3.8, 4) is 0 Å². The van der Waals surface area contributed by atoms with Gasteiger partial charge < -0.3 is 5.32 Å². The van der Waals surface area contributed by atoms with Gasteiger partial charge in [0.1, 0.15) is 0 Å². The van der Waals surface area contributed by atoms with Crippen molar-refractivity contribution in [2.24, 2.45) is 0 Å². The molecule has 0 spiro atoms. The Hall–Kier alpha value is -0.560. The van der Waals surface area contributed by atoms with Crippen LogP contribution in [0.4, 0.5) is 0 Å². The number of hydrogen-bond acceptors (Lipinski definition) is 4. The second kappa shape index (κ2) is 8.17. The van der Waals surface area contributed by atoms with E-state index >= 15 is 0 Å². The predicted octanol–water partition coefficient (Wildman–Crippen LogP) is 2.48. The maximum atomic E-state index is 12.9. The van der Waals surface area contributed by atoms with Crippen LogP contribution >= 0.6 is 11.8 Å². The van der Waals surface area contributed by atoms with E-state index in [1.165, 1.54) is 4.31 Å². The van der Waals surface area contributed by atoms with E-state index in [2.05, 4.69) is 5.32 Å². The van der Waals surface area contributed by atoms with Crippen molar-refractivity contribution in [1.29, 1.82) is 0 Å². The lowest BCUT2D eigenvalue weighted by atomic mass is 10.1. The Balaban J connectivity index is 3.21. The van der Waals surface area contributed by atoms with Crippen molar-refractivity contribution in [2.45, 2.75) is 37.8 Å². The van der Waals surface area contributed by atoms with Crippen molar-refractivity contribution in [2.75, 3.05) is 26.1 Å². The molecular weight excluding hydrogens is 304 g/mol. The van der Waals surface area contributed by atoms with Crippen LogP contribution in [0.1, 0.15) is 24.5 Å². The molecule has 0 saturated carbocycles. The lowest BCUT2D eigenvalue weighted by Crippen LogP contribution is -2.38. The fourth-order valence-corrected chi connectivity index (χ4v) is 4.98. The Morgan fingerprint density at radius 2 is 2.05 bits per heavy atom. The van der Waals surface area contributed by atoms with Crippen molar-refractivity contribution in [1.82, 2.24) is 9.62 Å². The number of sulfonamides is 1. The van der Waals surface area contributed by atoms with E-state index in [0.29, 0.717) is 11.4 Å². The normalized spacial score (nSPS) is 13.6. The minimum Gasteiger partial charge on any atom is -0.316 e. The minimum atomic E-state index is -3.45. The molecule has 0 aliphatic carbocycles. The fourth-order valence-electron chi connectivity index (χ4n) is 2.35. The molecule has 0 amide bonds. The van der Waals surface area contributed by atoms with E-state index in [1.807, 2.05) is 39.3 Å².